The quantitative estimate of drug-likeness (QED) is 0.434. The Hall–Kier alpha value is 0.0274. The molecular weight excluding hydrogens is 99.0 g/mol. The molecule has 8 heavy (non-hydrogen) atoms. The maximum absolute atomic E-state index is 9.99. The van der Waals surface area contributed by atoms with Gasteiger partial charge >= 0.3 is 18.9 Å². The summed E-state index contributed by atoms with van der Waals surface area (Å²) in [5, 5.41) is 0. The number of nitrogens with two attached hydrogens (primary N) is 1. The monoisotopic (exact) mass is 110 g/mol. The van der Waals surface area contributed by atoms with Gasteiger partial charge in [-0.1, -0.05) is 0 Å². The Morgan fingerprint density at radius 3 is 2.00 bits per heavy atom. The molecule has 0 aliphatic carbocycles. The average molecular weight is 110 g/mol. The van der Waals surface area contributed by atoms with Gasteiger partial charge in [0.1, 0.15) is 0 Å². The van der Waals surface area contributed by atoms with Crippen LogP contribution in [-0.4, -0.2) is 50.3 Å². The van der Waals surface area contributed by atoms with Crippen molar-refractivity contribution in [1.82, 2.24) is 4.90 Å². The first-order valence-electron chi connectivity index (χ1n) is 2.06. The summed E-state index contributed by atoms with van der Waals surface area (Å²) < 4.78 is 0. The van der Waals surface area contributed by atoms with Crippen LogP contribution in [-0.2, 0) is 4.79 Å². The Morgan fingerprint density at radius 1 is 1.62 bits per heavy atom. The number of primary amides is 1. The number of carbonyl (C=O) groups is 1. The molecule has 0 saturated heterocycles. The maximum atomic E-state index is 9.99. The van der Waals surface area contributed by atoms with Gasteiger partial charge in [-0.25, -0.2) is 0 Å². The van der Waals surface area contributed by atoms with Crippen LogP contribution < -0.4 is 5.73 Å². The van der Waals surface area contributed by atoms with Gasteiger partial charge in [-0.15, -0.1) is 0 Å². The van der Waals surface area contributed by atoms with Gasteiger partial charge in [0.15, 0.2) is 0 Å². The SMILES string of the molecule is CN(C)CC(N)=O.[LiH]. The van der Waals surface area contributed by atoms with E-state index in [0.717, 1.165) is 0 Å². The van der Waals surface area contributed by atoms with Crippen LogP contribution in [0.4, 0.5) is 0 Å². The van der Waals surface area contributed by atoms with Gasteiger partial charge in [0.05, 0.1) is 6.54 Å². The van der Waals surface area contributed by atoms with Gasteiger partial charge < -0.3 is 10.6 Å². The van der Waals surface area contributed by atoms with Crippen molar-refractivity contribution in [2.45, 2.75) is 0 Å². The van der Waals surface area contributed by atoms with E-state index in [4.69, 9.17) is 5.73 Å². The molecule has 0 aliphatic heterocycles. The third-order valence-electron chi connectivity index (χ3n) is 0.472. The Bertz CT molecular complexity index is 74.4. The number of hydrogen-bond acceptors (Lipinski definition) is 2. The summed E-state index contributed by atoms with van der Waals surface area (Å²) in [5.74, 6) is -0.287. The predicted molar refractivity (Wildman–Crippen MR) is 34.9 cm³/mol. The Labute approximate surface area is 61.4 Å². The summed E-state index contributed by atoms with van der Waals surface area (Å²) in [6, 6.07) is 0. The molecule has 0 heterocycles. The summed E-state index contributed by atoms with van der Waals surface area (Å²) in [7, 11) is 3.59. The molecule has 3 nitrogen and oxygen atoms in total. The van der Waals surface area contributed by atoms with E-state index >= 15 is 0 Å². The Morgan fingerprint density at radius 2 is 2.00 bits per heavy atom. The summed E-state index contributed by atoms with van der Waals surface area (Å²) >= 11 is 0. The summed E-state index contributed by atoms with van der Waals surface area (Å²) in [6.45, 7) is 0.333. The van der Waals surface area contributed by atoms with Gasteiger partial charge in [0, 0.05) is 0 Å². The molecule has 0 radical (unpaired) electrons. The molecule has 0 aromatic heterocycles. The fourth-order valence-electron chi connectivity index (χ4n) is 0.312. The third kappa shape index (κ3) is 9.39. The molecule has 0 unspecified atom stereocenters. The predicted octanol–water partition coefficient (Wildman–Crippen LogP) is -1.62. The van der Waals surface area contributed by atoms with Crippen LogP contribution in [0.15, 0.2) is 0 Å². The van der Waals surface area contributed by atoms with E-state index in [0.29, 0.717) is 6.54 Å². The standard InChI is InChI=1S/C4H10N2O.Li.H/c1-6(2)3-4(5)7;;/h3H2,1-2H3,(H2,5,7);;. The van der Waals surface area contributed by atoms with Crippen molar-refractivity contribution in [2.24, 2.45) is 5.73 Å². The van der Waals surface area contributed by atoms with Crippen molar-refractivity contribution in [3.63, 3.8) is 0 Å². The fourth-order valence-corrected chi connectivity index (χ4v) is 0.312. The van der Waals surface area contributed by atoms with Crippen LogP contribution in [0.5, 0.6) is 0 Å². The topological polar surface area (TPSA) is 46.3 Å². The van der Waals surface area contributed by atoms with Gasteiger partial charge in [0.2, 0.25) is 5.91 Å². The van der Waals surface area contributed by atoms with Crippen LogP contribution in [0.2, 0.25) is 0 Å². The van der Waals surface area contributed by atoms with Crippen LogP contribution in [0.1, 0.15) is 0 Å². The molecule has 0 spiro atoms. The summed E-state index contributed by atoms with van der Waals surface area (Å²) in [5.41, 5.74) is 4.81. The van der Waals surface area contributed by atoms with Gasteiger partial charge in [-0.3, -0.25) is 4.79 Å². The number of likely N-dealkylation sites (N-methyl/N-ethyl adjacent to an activating group) is 1. The van der Waals surface area contributed by atoms with Gasteiger partial charge in [-0.05, 0) is 14.1 Å². The molecule has 44 valence electrons. The molecular formula is C4H11LiN2O. The van der Waals surface area contributed by atoms with Crippen LogP contribution in [0, 0.1) is 0 Å². The van der Waals surface area contributed by atoms with E-state index in [1.54, 1.807) is 19.0 Å². The molecule has 0 aromatic rings. The Balaban J connectivity index is 0. The van der Waals surface area contributed by atoms with Crippen LogP contribution >= 0.6 is 0 Å². The number of carbonyl (C=O) groups excluding carboxylic acids is 1. The Kier molecular flexibility index (Phi) is 7.05. The van der Waals surface area contributed by atoms with Crippen molar-refractivity contribution in [3.05, 3.63) is 0 Å². The summed E-state index contributed by atoms with van der Waals surface area (Å²) in [4.78, 5) is 11.7. The normalized spacial score (nSPS) is 8.38. The van der Waals surface area contributed by atoms with Gasteiger partial charge in [0.25, 0.3) is 0 Å². The van der Waals surface area contributed by atoms with E-state index in [-0.39, 0.29) is 24.8 Å². The zero-order chi connectivity index (χ0) is 5.86. The second kappa shape index (κ2) is 5.17. The number of rotatable bonds is 2. The molecule has 4 heteroatoms. The van der Waals surface area contributed by atoms with Gasteiger partial charge in [-0.2, -0.15) is 0 Å². The van der Waals surface area contributed by atoms with Crippen molar-refractivity contribution >= 4 is 24.8 Å². The zero-order valence-electron chi connectivity index (χ0n) is 4.64. The van der Waals surface area contributed by atoms with E-state index in [1.165, 1.54) is 0 Å². The fraction of sp³-hybridized carbons (Fsp3) is 0.750. The second-order valence-corrected chi connectivity index (χ2v) is 1.70. The molecule has 0 rings (SSSR count). The van der Waals surface area contributed by atoms with E-state index in [9.17, 15) is 4.79 Å². The number of hydrogen-bond donors (Lipinski definition) is 1. The molecule has 0 aliphatic rings. The van der Waals surface area contributed by atoms with Crippen molar-refractivity contribution in [1.29, 1.82) is 0 Å². The molecule has 0 atom stereocenters. The van der Waals surface area contributed by atoms with Crippen molar-refractivity contribution in [2.75, 3.05) is 20.6 Å². The molecule has 0 fully saturated rings. The molecule has 0 aromatic carbocycles. The molecule has 0 saturated carbocycles. The van der Waals surface area contributed by atoms with Crippen LogP contribution in [0.3, 0.4) is 0 Å². The zero-order valence-corrected chi connectivity index (χ0v) is 4.64. The first-order valence-corrected chi connectivity index (χ1v) is 2.06. The molecule has 0 bridgehead atoms. The first kappa shape index (κ1) is 10.9. The minimum absolute atomic E-state index is 0. The van der Waals surface area contributed by atoms with Crippen molar-refractivity contribution in [3.8, 4) is 0 Å². The minimum atomic E-state index is -0.287. The second-order valence-electron chi connectivity index (χ2n) is 1.70. The first-order chi connectivity index (χ1) is 3.13. The van der Waals surface area contributed by atoms with Crippen molar-refractivity contribution < 1.29 is 4.79 Å². The number of amides is 1. The molecule has 1 amide bonds. The van der Waals surface area contributed by atoms with Crippen LogP contribution in [0.25, 0.3) is 0 Å². The number of nitrogens with zero attached hydrogens (tertiary/aromatic N) is 1. The third-order valence-corrected chi connectivity index (χ3v) is 0.472. The summed E-state index contributed by atoms with van der Waals surface area (Å²) in [6.07, 6.45) is 0. The van der Waals surface area contributed by atoms with E-state index < -0.39 is 0 Å². The van der Waals surface area contributed by atoms with E-state index in [2.05, 4.69) is 0 Å². The average Bonchev–Trinajstić information content (AvgIpc) is 1.27. The molecule has 2 N–H and O–H groups in total. The van der Waals surface area contributed by atoms with E-state index in [1.807, 2.05) is 0 Å².